The van der Waals surface area contributed by atoms with Crippen LogP contribution in [0.5, 0.6) is 0 Å². The van der Waals surface area contributed by atoms with E-state index in [1.54, 1.807) is 52.4 Å². The number of nitrogens with zero attached hydrogens (tertiary/aromatic N) is 6. The molecule has 3 aromatic heterocycles. The van der Waals surface area contributed by atoms with Crippen molar-refractivity contribution in [2.45, 2.75) is 13.5 Å². The molecule has 0 N–H and O–H groups in total. The highest BCUT2D eigenvalue weighted by molar-refractivity contribution is 6.00. The normalized spacial score (nSPS) is 10.8. The van der Waals surface area contributed by atoms with Gasteiger partial charge in [0.1, 0.15) is 17.3 Å². The number of hydrogen-bond acceptors (Lipinski definition) is 5. The van der Waals surface area contributed by atoms with Gasteiger partial charge >= 0.3 is 0 Å². The summed E-state index contributed by atoms with van der Waals surface area (Å²) in [4.78, 5) is 27.1. The third-order valence-electron chi connectivity index (χ3n) is 4.93. The van der Waals surface area contributed by atoms with Gasteiger partial charge < -0.3 is 4.90 Å². The van der Waals surface area contributed by atoms with Gasteiger partial charge in [-0.05, 0) is 37.3 Å². The van der Waals surface area contributed by atoms with Crippen molar-refractivity contribution in [2.75, 3.05) is 13.1 Å². The molecular formula is C23H20F2N6O. The van der Waals surface area contributed by atoms with E-state index in [0.29, 0.717) is 36.6 Å². The number of rotatable bonds is 7. The van der Waals surface area contributed by atoms with Crippen molar-refractivity contribution in [3.05, 3.63) is 84.4 Å². The van der Waals surface area contributed by atoms with Gasteiger partial charge in [0, 0.05) is 37.2 Å². The molecule has 0 aliphatic rings. The van der Waals surface area contributed by atoms with Gasteiger partial charge in [-0.1, -0.05) is 12.1 Å². The standard InChI is InChI=1S/C23H20F2N6O/c1-2-30(13-14-31-12-9-20(29-31)19-8-7-16(24)15-28-19)23(32)21-17(5-3-6-18(21)25)22-26-10-4-11-27-22/h3-12,15H,2,13-14H2,1H3. The van der Waals surface area contributed by atoms with Crippen molar-refractivity contribution < 1.29 is 13.6 Å². The average Bonchev–Trinajstić information content (AvgIpc) is 3.29. The van der Waals surface area contributed by atoms with E-state index in [-0.39, 0.29) is 11.4 Å². The fraction of sp³-hybridized carbons (Fsp3) is 0.174. The van der Waals surface area contributed by atoms with Crippen LogP contribution < -0.4 is 0 Å². The van der Waals surface area contributed by atoms with Crippen molar-refractivity contribution >= 4 is 5.91 Å². The third-order valence-corrected chi connectivity index (χ3v) is 4.93. The zero-order valence-electron chi connectivity index (χ0n) is 17.3. The summed E-state index contributed by atoms with van der Waals surface area (Å²) in [5.74, 6) is -1.20. The Morgan fingerprint density at radius 1 is 1.00 bits per heavy atom. The Hall–Kier alpha value is -4.01. The maximum Gasteiger partial charge on any atom is 0.257 e. The van der Waals surface area contributed by atoms with E-state index in [1.165, 1.54) is 18.2 Å². The van der Waals surface area contributed by atoms with Gasteiger partial charge in [0.25, 0.3) is 5.91 Å². The molecule has 0 unspecified atom stereocenters. The Bertz CT molecular complexity index is 1210. The second-order valence-corrected chi connectivity index (χ2v) is 6.95. The first-order valence-electron chi connectivity index (χ1n) is 10.1. The Kier molecular flexibility index (Phi) is 6.25. The minimum Gasteiger partial charge on any atom is -0.337 e. The third kappa shape index (κ3) is 4.51. The lowest BCUT2D eigenvalue weighted by molar-refractivity contribution is 0.0753. The lowest BCUT2D eigenvalue weighted by Crippen LogP contribution is -2.34. The fourth-order valence-corrected chi connectivity index (χ4v) is 3.30. The molecule has 9 heteroatoms. The van der Waals surface area contributed by atoms with E-state index >= 15 is 0 Å². The first kappa shape index (κ1) is 21.2. The summed E-state index contributed by atoms with van der Waals surface area (Å²) in [7, 11) is 0. The monoisotopic (exact) mass is 434 g/mol. The van der Waals surface area contributed by atoms with Crippen LogP contribution in [-0.2, 0) is 6.54 Å². The molecule has 1 amide bonds. The highest BCUT2D eigenvalue weighted by atomic mass is 19.1. The van der Waals surface area contributed by atoms with Gasteiger partial charge in [0.2, 0.25) is 0 Å². The maximum atomic E-state index is 14.7. The van der Waals surface area contributed by atoms with Gasteiger partial charge in [-0.2, -0.15) is 5.10 Å². The number of carbonyl (C=O) groups is 1. The average molecular weight is 434 g/mol. The molecule has 0 aliphatic carbocycles. The number of amides is 1. The van der Waals surface area contributed by atoms with Crippen LogP contribution in [0.2, 0.25) is 0 Å². The quantitative estimate of drug-likeness (QED) is 0.442. The lowest BCUT2D eigenvalue weighted by Gasteiger charge is -2.22. The van der Waals surface area contributed by atoms with Crippen LogP contribution in [0.1, 0.15) is 17.3 Å². The number of halogens is 2. The molecule has 32 heavy (non-hydrogen) atoms. The van der Waals surface area contributed by atoms with Crippen LogP contribution in [0, 0.1) is 11.6 Å². The molecule has 0 radical (unpaired) electrons. The number of carbonyl (C=O) groups excluding carboxylic acids is 1. The van der Waals surface area contributed by atoms with Crippen LogP contribution in [0.3, 0.4) is 0 Å². The molecule has 0 atom stereocenters. The van der Waals surface area contributed by atoms with Gasteiger partial charge in [-0.3, -0.25) is 14.5 Å². The van der Waals surface area contributed by atoms with Gasteiger partial charge in [0.15, 0.2) is 5.82 Å². The Morgan fingerprint density at radius 2 is 1.81 bits per heavy atom. The van der Waals surface area contributed by atoms with Crippen molar-refractivity contribution in [1.29, 1.82) is 0 Å². The van der Waals surface area contributed by atoms with E-state index < -0.39 is 17.5 Å². The summed E-state index contributed by atoms with van der Waals surface area (Å²) in [6, 6.07) is 10.7. The first-order chi connectivity index (χ1) is 15.6. The van der Waals surface area contributed by atoms with Gasteiger partial charge in [-0.15, -0.1) is 0 Å². The summed E-state index contributed by atoms with van der Waals surface area (Å²) in [6.45, 7) is 2.92. The molecule has 0 aliphatic heterocycles. The number of pyridine rings is 1. The van der Waals surface area contributed by atoms with Crippen LogP contribution in [-0.4, -0.2) is 48.6 Å². The minimum atomic E-state index is -0.623. The Balaban J connectivity index is 1.52. The topological polar surface area (TPSA) is 76.8 Å². The van der Waals surface area contributed by atoms with Crippen molar-refractivity contribution in [2.24, 2.45) is 0 Å². The zero-order chi connectivity index (χ0) is 22.5. The highest BCUT2D eigenvalue weighted by Gasteiger charge is 2.23. The van der Waals surface area contributed by atoms with Crippen LogP contribution in [0.4, 0.5) is 8.78 Å². The zero-order valence-corrected chi connectivity index (χ0v) is 17.3. The van der Waals surface area contributed by atoms with Crippen LogP contribution in [0.25, 0.3) is 22.8 Å². The predicted octanol–water partition coefficient (Wildman–Crippen LogP) is 3.84. The number of aromatic nitrogens is 5. The van der Waals surface area contributed by atoms with E-state index in [0.717, 1.165) is 6.20 Å². The summed E-state index contributed by atoms with van der Waals surface area (Å²) >= 11 is 0. The molecule has 0 bridgehead atoms. The van der Waals surface area contributed by atoms with Crippen molar-refractivity contribution in [3.63, 3.8) is 0 Å². The second kappa shape index (κ2) is 9.42. The Morgan fingerprint density at radius 3 is 2.53 bits per heavy atom. The molecule has 162 valence electrons. The molecule has 3 heterocycles. The molecule has 4 aromatic rings. The van der Waals surface area contributed by atoms with Crippen LogP contribution >= 0.6 is 0 Å². The van der Waals surface area contributed by atoms with Crippen molar-refractivity contribution in [1.82, 2.24) is 29.6 Å². The maximum absolute atomic E-state index is 14.7. The van der Waals surface area contributed by atoms with E-state index in [1.807, 2.05) is 6.92 Å². The molecule has 0 fully saturated rings. The molecular weight excluding hydrogens is 414 g/mol. The van der Waals surface area contributed by atoms with Gasteiger partial charge in [-0.25, -0.2) is 18.7 Å². The number of hydrogen-bond donors (Lipinski definition) is 0. The summed E-state index contributed by atoms with van der Waals surface area (Å²) in [6.07, 6.45) is 5.98. The predicted molar refractivity (Wildman–Crippen MR) is 114 cm³/mol. The molecule has 1 aromatic carbocycles. The summed E-state index contributed by atoms with van der Waals surface area (Å²) in [5.41, 5.74) is 1.43. The van der Waals surface area contributed by atoms with Crippen LogP contribution in [0.15, 0.2) is 67.3 Å². The molecule has 7 nitrogen and oxygen atoms in total. The SMILES string of the molecule is CCN(CCn1ccc(-c2ccc(F)cn2)n1)C(=O)c1c(F)cccc1-c1ncccn1. The molecule has 0 saturated heterocycles. The molecule has 0 saturated carbocycles. The first-order valence-corrected chi connectivity index (χ1v) is 10.1. The highest BCUT2D eigenvalue weighted by Crippen LogP contribution is 2.24. The summed E-state index contributed by atoms with van der Waals surface area (Å²) in [5, 5.41) is 4.43. The minimum absolute atomic E-state index is 0.0581. The number of likely N-dealkylation sites (N-methyl/N-ethyl adjacent to an activating group) is 1. The summed E-state index contributed by atoms with van der Waals surface area (Å²) < 4.78 is 29.5. The van der Waals surface area contributed by atoms with E-state index in [4.69, 9.17) is 0 Å². The molecule has 0 spiro atoms. The van der Waals surface area contributed by atoms with E-state index in [2.05, 4.69) is 20.1 Å². The Labute approximate surface area is 183 Å². The van der Waals surface area contributed by atoms with Crippen molar-refractivity contribution in [3.8, 4) is 22.8 Å². The molecule has 4 rings (SSSR count). The lowest BCUT2D eigenvalue weighted by atomic mass is 10.0. The number of benzene rings is 1. The van der Waals surface area contributed by atoms with E-state index in [9.17, 15) is 13.6 Å². The second-order valence-electron chi connectivity index (χ2n) is 6.95. The fourth-order valence-electron chi connectivity index (χ4n) is 3.30. The smallest absolute Gasteiger partial charge is 0.257 e. The van der Waals surface area contributed by atoms with Gasteiger partial charge in [0.05, 0.1) is 24.0 Å². The largest absolute Gasteiger partial charge is 0.337 e.